The molecule has 0 saturated heterocycles. The summed E-state index contributed by atoms with van der Waals surface area (Å²) in [6.45, 7) is 3.27. The molecule has 2 amide bonds. The number of sulfonamides is 1. The Bertz CT molecular complexity index is 1260. The molecule has 3 rings (SSSR count). The van der Waals surface area contributed by atoms with Crippen LogP contribution in [0.3, 0.4) is 0 Å². The van der Waals surface area contributed by atoms with E-state index in [-0.39, 0.29) is 26.7 Å². The minimum absolute atomic E-state index is 0.0252. The van der Waals surface area contributed by atoms with Gasteiger partial charge in [0, 0.05) is 5.69 Å². The van der Waals surface area contributed by atoms with Crippen molar-refractivity contribution in [1.29, 1.82) is 0 Å². The summed E-state index contributed by atoms with van der Waals surface area (Å²) in [6.07, 6.45) is 0. The second kappa shape index (κ2) is 8.78. The lowest BCUT2D eigenvalue weighted by Crippen LogP contribution is -2.41. The van der Waals surface area contributed by atoms with Crippen molar-refractivity contribution < 1.29 is 26.8 Å². The highest BCUT2D eigenvalue weighted by molar-refractivity contribution is 7.92. The smallest absolute Gasteiger partial charge is 0.273 e. The number of hydrazine groups is 1. The first-order valence-electron chi connectivity index (χ1n) is 8.82. The van der Waals surface area contributed by atoms with Crippen LogP contribution in [0.4, 0.5) is 10.1 Å². The van der Waals surface area contributed by atoms with Crippen LogP contribution in [0.1, 0.15) is 32.2 Å². The molecule has 1 aromatic heterocycles. The van der Waals surface area contributed by atoms with Crippen LogP contribution in [0.5, 0.6) is 0 Å². The summed E-state index contributed by atoms with van der Waals surface area (Å²) in [5.41, 5.74) is 4.61. The highest BCUT2D eigenvalue weighted by Gasteiger charge is 2.20. The number of hydrogen-bond donors (Lipinski definition) is 3. The highest BCUT2D eigenvalue weighted by atomic mass is 35.5. The molecule has 8 nitrogen and oxygen atoms in total. The van der Waals surface area contributed by atoms with E-state index in [1.165, 1.54) is 30.3 Å². The summed E-state index contributed by atoms with van der Waals surface area (Å²) >= 11 is 6.03. The van der Waals surface area contributed by atoms with Crippen LogP contribution in [0.15, 0.2) is 57.8 Å². The molecule has 0 atom stereocenters. The van der Waals surface area contributed by atoms with E-state index in [0.29, 0.717) is 11.5 Å². The fourth-order valence-electron chi connectivity index (χ4n) is 2.68. The van der Waals surface area contributed by atoms with Crippen LogP contribution in [-0.2, 0) is 10.0 Å². The SMILES string of the molecule is Cc1cc(C(=O)NNC(=O)c2cc(S(=O)(=O)Nc3ccc(F)cc3)ccc2Cl)c(C)o1. The fraction of sp³-hybridized carbons (Fsp3) is 0.100. The van der Waals surface area contributed by atoms with Crippen molar-refractivity contribution in [1.82, 2.24) is 10.9 Å². The lowest BCUT2D eigenvalue weighted by molar-refractivity contribution is 0.0845. The van der Waals surface area contributed by atoms with E-state index in [4.69, 9.17) is 16.0 Å². The van der Waals surface area contributed by atoms with E-state index in [9.17, 15) is 22.4 Å². The summed E-state index contributed by atoms with van der Waals surface area (Å²) in [6, 6.07) is 9.73. The third-order valence-electron chi connectivity index (χ3n) is 4.16. The van der Waals surface area contributed by atoms with E-state index in [1.807, 2.05) is 0 Å². The summed E-state index contributed by atoms with van der Waals surface area (Å²) in [7, 11) is -4.09. The molecule has 3 aromatic rings. The molecular formula is C20H17ClFN3O5S. The third kappa shape index (κ3) is 5.22. The Kier molecular flexibility index (Phi) is 6.32. The standard InChI is InChI=1S/C20H17ClFN3O5S/c1-11-9-16(12(2)30-11)19(26)23-24-20(27)17-10-15(7-8-18(17)21)31(28,29)25-14-5-3-13(22)4-6-14/h3-10,25H,1-2H3,(H,23,26)(H,24,27). The summed E-state index contributed by atoms with van der Waals surface area (Å²) in [5.74, 6) is -1.04. The Hall–Kier alpha value is -3.37. The van der Waals surface area contributed by atoms with E-state index < -0.39 is 27.7 Å². The van der Waals surface area contributed by atoms with Gasteiger partial charge in [-0.3, -0.25) is 25.2 Å². The van der Waals surface area contributed by atoms with Gasteiger partial charge in [0.05, 0.1) is 21.0 Å². The van der Waals surface area contributed by atoms with Crippen molar-refractivity contribution in [2.75, 3.05) is 4.72 Å². The average Bonchev–Trinajstić information content (AvgIpc) is 3.05. The number of nitrogens with one attached hydrogen (secondary N) is 3. The molecule has 0 bridgehead atoms. The Morgan fingerprint density at radius 2 is 1.55 bits per heavy atom. The van der Waals surface area contributed by atoms with Crippen LogP contribution in [-0.4, -0.2) is 20.2 Å². The van der Waals surface area contributed by atoms with E-state index in [0.717, 1.165) is 18.2 Å². The number of carbonyl (C=O) groups is 2. The number of carbonyl (C=O) groups excluding carboxylic acids is 2. The Balaban J connectivity index is 1.76. The number of furan rings is 1. The maximum Gasteiger partial charge on any atom is 0.273 e. The monoisotopic (exact) mass is 465 g/mol. The van der Waals surface area contributed by atoms with Gasteiger partial charge in [-0.1, -0.05) is 11.6 Å². The molecular weight excluding hydrogens is 449 g/mol. The largest absolute Gasteiger partial charge is 0.466 e. The third-order valence-corrected chi connectivity index (χ3v) is 5.87. The van der Waals surface area contributed by atoms with Crippen molar-refractivity contribution >= 4 is 39.1 Å². The van der Waals surface area contributed by atoms with Crippen LogP contribution >= 0.6 is 11.6 Å². The molecule has 0 fully saturated rings. The van der Waals surface area contributed by atoms with Gasteiger partial charge in [-0.15, -0.1) is 0 Å². The molecule has 0 aliphatic heterocycles. The maximum atomic E-state index is 13.0. The zero-order chi connectivity index (χ0) is 22.8. The van der Waals surface area contributed by atoms with E-state index >= 15 is 0 Å². The minimum Gasteiger partial charge on any atom is -0.466 e. The Morgan fingerprint density at radius 1 is 0.935 bits per heavy atom. The quantitative estimate of drug-likeness (QED) is 0.498. The number of rotatable bonds is 5. The number of hydrogen-bond acceptors (Lipinski definition) is 5. The van der Waals surface area contributed by atoms with Crippen LogP contribution < -0.4 is 15.6 Å². The first kappa shape index (κ1) is 22.3. The molecule has 0 spiro atoms. The van der Waals surface area contributed by atoms with Crippen molar-refractivity contribution in [3.63, 3.8) is 0 Å². The highest BCUT2D eigenvalue weighted by Crippen LogP contribution is 2.23. The Morgan fingerprint density at radius 3 is 2.13 bits per heavy atom. The van der Waals surface area contributed by atoms with Gasteiger partial charge in [-0.2, -0.15) is 0 Å². The molecule has 0 radical (unpaired) electrons. The molecule has 31 heavy (non-hydrogen) atoms. The van der Waals surface area contributed by atoms with Crippen molar-refractivity contribution in [3.05, 3.63) is 82.0 Å². The van der Waals surface area contributed by atoms with Gasteiger partial charge in [0.15, 0.2) is 0 Å². The van der Waals surface area contributed by atoms with E-state index in [1.54, 1.807) is 13.8 Å². The lowest BCUT2D eigenvalue weighted by Gasteiger charge is -2.11. The number of halogens is 2. The molecule has 11 heteroatoms. The number of benzene rings is 2. The molecule has 0 aliphatic carbocycles. The first-order valence-corrected chi connectivity index (χ1v) is 10.7. The molecule has 1 heterocycles. The molecule has 3 N–H and O–H groups in total. The predicted molar refractivity (Wildman–Crippen MR) is 112 cm³/mol. The van der Waals surface area contributed by atoms with Gasteiger partial charge < -0.3 is 4.42 Å². The lowest BCUT2D eigenvalue weighted by atomic mass is 10.2. The van der Waals surface area contributed by atoms with Gasteiger partial charge in [0.2, 0.25) is 0 Å². The summed E-state index contributed by atoms with van der Waals surface area (Å²) < 4.78 is 45.8. The normalized spacial score (nSPS) is 11.1. The number of aryl methyl sites for hydroxylation is 2. The van der Waals surface area contributed by atoms with Gasteiger partial charge in [0.1, 0.15) is 17.3 Å². The molecule has 2 aromatic carbocycles. The zero-order valence-electron chi connectivity index (χ0n) is 16.3. The van der Waals surface area contributed by atoms with Gasteiger partial charge in [-0.05, 0) is 62.4 Å². The molecule has 162 valence electrons. The first-order chi connectivity index (χ1) is 14.6. The summed E-state index contributed by atoms with van der Waals surface area (Å²) in [4.78, 5) is 24.4. The van der Waals surface area contributed by atoms with Crippen LogP contribution in [0.25, 0.3) is 0 Å². The predicted octanol–water partition coefficient (Wildman–Crippen LogP) is 3.56. The molecule has 0 aliphatic rings. The molecule has 0 unspecified atom stereocenters. The van der Waals surface area contributed by atoms with Gasteiger partial charge in [0.25, 0.3) is 21.8 Å². The maximum absolute atomic E-state index is 13.0. The van der Waals surface area contributed by atoms with Crippen molar-refractivity contribution in [2.45, 2.75) is 18.7 Å². The molecule has 0 saturated carbocycles. The fourth-order valence-corrected chi connectivity index (χ4v) is 3.97. The summed E-state index contributed by atoms with van der Waals surface area (Å²) in [5, 5.41) is -0.0252. The second-order valence-corrected chi connectivity index (χ2v) is 8.58. The van der Waals surface area contributed by atoms with Crippen molar-refractivity contribution in [2.24, 2.45) is 0 Å². The number of anilines is 1. The average molecular weight is 466 g/mol. The topological polar surface area (TPSA) is 118 Å². The number of amides is 2. The minimum atomic E-state index is -4.09. The van der Waals surface area contributed by atoms with Crippen molar-refractivity contribution in [3.8, 4) is 0 Å². The van der Waals surface area contributed by atoms with E-state index in [2.05, 4.69) is 15.6 Å². The zero-order valence-corrected chi connectivity index (χ0v) is 17.9. The van der Waals surface area contributed by atoms with Crippen LogP contribution in [0.2, 0.25) is 5.02 Å². The van der Waals surface area contributed by atoms with Gasteiger partial charge >= 0.3 is 0 Å². The Labute approximate surface area is 182 Å². The van der Waals surface area contributed by atoms with Crippen LogP contribution in [0, 0.1) is 19.7 Å². The van der Waals surface area contributed by atoms with Gasteiger partial charge in [-0.25, -0.2) is 12.8 Å². The second-order valence-electron chi connectivity index (χ2n) is 6.49.